The van der Waals surface area contributed by atoms with E-state index >= 15 is 0 Å². The Hall–Kier alpha value is -1.06. The van der Waals surface area contributed by atoms with Crippen LogP contribution in [-0.4, -0.2) is 4.98 Å². The molecular formula is C12H13ClN2S. The van der Waals surface area contributed by atoms with Crippen molar-refractivity contribution in [3.63, 3.8) is 0 Å². The SMILES string of the molecule is Cc1nc(CNc2ccccc2CCl)cs1. The van der Waals surface area contributed by atoms with Gasteiger partial charge in [0, 0.05) is 16.9 Å². The van der Waals surface area contributed by atoms with E-state index in [0.717, 1.165) is 28.5 Å². The number of hydrogen-bond donors (Lipinski definition) is 1. The Morgan fingerprint density at radius 3 is 2.88 bits per heavy atom. The largest absolute Gasteiger partial charge is 0.379 e. The average molecular weight is 253 g/mol. The van der Waals surface area contributed by atoms with Crippen LogP contribution in [0.2, 0.25) is 0 Å². The topological polar surface area (TPSA) is 24.9 Å². The fraction of sp³-hybridized carbons (Fsp3) is 0.250. The minimum Gasteiger partial charge on any atom is -0.379 e. The summed E-state index contributed by atoms with van der Waals surface area (Å²) in [5.74, 6) is 0.527. The number of para-hydroxylation sites is 1. The molecule has 1 N–H and O–H groups in total. The maximum absolute atomic E-state index is 5.86. The van der Waals surface area contributed by atoms with Gasteiger partial charge in [-0.05, 0) is 18.6 Å². The number of aryl methyl sites for hydroxylation is 1. The molecule has 0 saturated heterocycles. The Morgan fingerprint density at radius 1 is 1.38 bits per heavy atom. The Bertz CT molecular complexity index is 468. The first-order valence-corrected chi connectivity index (χ1v) is 6.50. The number of hydrogen-bond acceptors (Lipinski definition) is 3. The van der Waals surface area contributed by atoms with Gasteiger partial charge in [0.05, 0.1) is 17.2 Å². The van der Waals surface area contributed by atoms with Crippen molar-refractivity contribution < 1.29 is 0 Å². The third-order valence-electron chi connectivity index (χ3n) is 2.29. The van der Waals surface area contributed by atoms with Crippen molar-refractivity contribution in [2.24, 2.45) is 0 Å². The summed E-state index contributed by atoms with van der Waals surface area (Å²) >= 11 is 7.54. The van der Waals surface area contributed by atoms with Gasteiger partial charge in [0.25, 0.3) is 0 Å². The molecule has 0 fully saturated rings. The number of benzene rings is 1. The van der Waals surface area contributed by atoms with Crippen LogP contribution in [0.25, 0.3) is 0 Å². The van der Waals surface area contributed by atoms with E-state index in [9.17, 15) is 0 Å². The highest BCUT2D eigenvalue weighted by Crippen LogP contribution is 2.18. The van der Waals surface area contributed by atoms with Gasteiger partial charge in [0.1, 0.15) is 0 Å². The molecule has 0 bridgehead atoms. The third kappa shape index (κ3) is 2.74. The van der Waals surface area contributed by atoms with Gasteiger partial charge in [0.15, 0.2) is 0 Å². The Labute approximate surface area is 104 Å². The van der Waals surface area contributed by atoms with Gasteiger partial charge in [-0.15, -0.1) is 22.9 Å². The molecule has 0 saturated carbocycles. The van der Waals surface area contributed by atoms with Crippen molar-refractivity contribution in [3.05, 3.63) is 45.9 Å². The number of alkyl halides is 1. The van der Waals surface area contributed by atoms with E-state index in [-0.39, 0.29) is 0 Å². The molecule has 84 valence electrons. The van der Waals surface area contributed by atoms with Gasteiger partial charge < -0.3 is 5.32 Å². The number of thiazole rings is 1. The van der Waals surface area contributed by atoms with E-state index < -0.39 is 0 Å². The number of rotatable bonds is 4. The summed E-state index contributed by atoms with van der Waals surface area (Å²) in [6, 6.07) is 8.07. The zero-order chi connectivity index (χ0) is 11.4. The number of nitrogens with one attached hydrogen (secondary N) is 1. The number of aromatic nitrogens is 1. The van der Waals surface area contributed by atoms with Crippen LogP contribution in [0.15, 0.2) is 29.6 Å². The molecule has 4 heteroatoms. The van der Waals surface area contributed by atoms with Crippen molar-refractivity contribution >= 4 is 28.6 Å². The number of anilines is 1. The van der Waals surface area contributed by atoms with Crippen LogP contribution in [-0.2, 0) is 12.4 Å². The van der Waals surface area contributed by atoms with Crippen LogP contribution in [0.1, 0.15) is 16.3 Å². The van der Waals surface area contributed by atoms with Crippen LogP contribution < -0.4 is 5.32 Å². The van der Waals surface area contributed by atoms with Gasteiger partial charge >= 0.3 is 0 Å². The predicted octanol–water partition coefficient (Wildman–Crippen LogP) is 3.80. The second-order valence-electron chi connectivity index (χ2n) is 3.50. The second-order valence-corrected chi connectivity index (χ2v) is 4.83. The molecule has 1 aromatic carbocycles. The molecule has 0 unspecified atom stereocenters. The Morgan fingerprint density at radius 2 is 2.19 bits per heavy atom. The quantitative estimate of drug-likeness (QED) is 0.838. The monoisotopic (exact) mass is 252 g/mol. The summed E-state index contributed by atoms with van der Waals surface area (Å²) in [5.41, 5.74) is 3.28. The molecule has 2 aromatic rings. The van der Waals surface area contributed by atoms with Crippen molar-refractivity contribution in [2.45, 2.75) is 19.3 Å². The van der Waals surface area contributed by atoms with E-state index in [2.05, 4.69) is 15.7 Å². The highest BCUT2D eigenvalue weighted by Gasteiger charge is 2.01. The summed E-state index contributed by atoms with van der Waals surface area (Å²) in [5, 5.41) is 6.53. The molecule has 0 aliphatic carbocycles. The minimum atomic E-state index is 0.527. The van der Waals surface area contributed by atoms with E-state index in [1.165, 1.54) is 0 Å². The first kappa shape index (κ1) is 11.4. The van der Waals surface area contributed by atoms with Crippen LogP contribution in [0.5, 0.6) is 0 Å². The van der Waals surface area contributed by atoms with E-state index in [1.54, 1.807) is 11.3 Å². The molecular weight excluding hydrogens is 240 g/mol. The Balaban J connectivity index is 2.04. The van der Waals surface area contributed by atoms with Crippen LogP contribution >= 0.6 is 22.9 Å². The van der Waals surface area contributed by atoms with Crippen molar-refractivity contribution in [3.8, 4) is 0 Å². The van der Waals surface area contributed by atoms with Crippen molar-refractivity contribution in [2.75, 3.05) is 5.32 Å². The van der Waals surface area contributed by atoms with Gasteiger partial charge in [-0.1, -0.05) is 18.2 Å². The van der Waals surface area contributed by atoms with E-state index in [1.807, 2.05) is 31.2 Å². The lowest BCUT2D eigenvalue weighted by atomic mass is 10.2. The molecule has 2 rings (SSSR count). The molecule has 0 atom stereocenters. The van der Waals surface area contributed by atoms with Crippen LogP contribution in [0.4, 0.5) is 5.69 Å². The van der Waals surface area contributed by atoms with Crippen LogP contribution in [0.3, 0.4) is 0 Å². The maximum Gasteiger partial charge on any atom is 0.0898 e. The molecule has 2 nitrogen and oxygen atoms in total. The fourth-order valence-corrected chi connectivity index (χ4v) is 2.33. The highest BCUT2D eigenvalue weighted by atomic mass is 35.5. The zero-order valence-corrected chi connectivity index (χ0v) is 10.6. The predicted molar refractivity (Wildman–Crippen MR) is 70.2 cm³/mol. The lowest BCUT2D eigenvalue weighted by Crippen LogP contribution is -2.01. The summed E-state index contributed by atoms with van der Waals surface area (Å²) in [4.78, 5) is 4.40. The third-order valence-corrected chi connectivity index (χ3v) is 3.40. The summed E-state index contributed by atoms with van der Waals surface area (Å²) < 4.78 is 0. The van der Waals surface area contributed by atoms with Crippen molar-refractivity contribution in [1.82, 2.24) is 4.98 Å². The molecule has 0 spiro atoms. The van der Waals surface area contributed by atoms with Crippen molar-refractivity contribution in [1.29, 1.82) is 0 Å². The first-order chi connectivity index (χ1) is 7.79. The molecule has 0 aliphatic heterocycles. The Kier molecular flexibility index (Phi) is 3.80. The van der Waals surface area contributed by atoms with E-state index in [4.69, 9.17) is 11.6 Å². The fourth-order valence-electron chi connectivity index (χ4n) is 1.48. The zero-order valence-electron chi connectivity index (χ0n) is 9.03. The van der Waals surface area contributed by atoms with Gasteiger partial charge in [-0.2, -0.15) is 0 Å². The molecule has 16 heavy (non-hydrogen) atoms. The minimum absolute atomic E-state index is 0.527. The molecule has 0 amide bonds. The lowest BCUT2D eigenvalue weighted by Gasteiger charge is -2.08. The standard InChI is InChI=1S/C12H13ClN2S/c1-9-15-11(8-16-9)7-14-12-5-3-2-4-10(12)6-13/h2-5,8,14H,6-7H2,1H3. The molecule has 1 heterocycles. The number of halogens is 1. The second kappa shape index (κ2) is 5.32. The van der Waals surface area contributed by atoms with Gasteiger partial charge in [-0.3, -0.25) is 0 Å². The summed E-state index contributed by atoms with van der Waals surface area (Å²) in [7, 11) is 0. The van der Waals surface area contributed by atoms with E-state index in [0.29, 0.717) is 5.88 Å². The van der Waals surface area contributed by atoms with Gasteiger partial charge in [0.2, 0.25) is 0 Å². The molecule has 0 radical (unpaired) electrons. The smallest absolute Gasteiger partial charge is 0.0898 e. The molecule has 0 aliphatic rings. The maximum atomic E-state index is 5.86. The normalized spacial score (nSPS) is 10.4. The van der Waals surface area contributed by atoms with Gasteiger partial charge in [-0.25, -0.2) is 4.98 Å². The first-order valence-electron chi connectivity index (χ1n) is 5.08. The number of nitrogens with zero attached hydrogens (tertiary/aromatic N) is 1. The average Bonchev–Trinajstić information content (AvgIpc) is 2.73. The van der Waals surface area contributed by atoms with Crippen LogP contribution in [0, 0.1) is 6.92 Å². The summed E-state index contributed by atoms with van der Waals surface area (Å²) in [6.07, 6.45) is 0. The molecule has 1 aromatic heterocycles. The highest BCUT2D eigenvalue weighted by molar-refractivity contribution is 7.09. The lowest BCUT2D eigenvalue weighted by molar-refractivity contribution is 1.05. The summed E-state index contributed by atoms with van der Waals surface area (Å²) in [6.45, 7) is 2.76.